The molecule has 25 heavy (non-hydrogen) atoms. The van der Waals surface area contributed by atoms with Gasteiger partial charge in [-0.1, -0.05) is 29.8 Å². The normalized spacial score (nSPS) is 13.2. The van der Waals surface area contributed by atoms with Crippen molar-refractivity contribution in [2.45, 2.75) is 39.3 Å². The lowest BCUT2D eigenvalue weighted by molar-refractivity contribution is 0.0944. The van der Waals surface area contributed by atoms with Gasteiger partial charge in [-0.15, -0.1) is 0 Å². The Bertz CT molecular complexity index is 845. The Kier molecular flexibility index (Phi) is 5.43. The number of pyridine rings is 1. The number of benzene rings is 1. The fraction of sp³-hybridized carbons (Fsp3) is 0.368. The van der Waals surface area contributed by atoms with Crippen molar-refractivity contribution in [3.8, 4) is 5.75 Å². The standard InChI is InChI=1S/C19H21ClN2O3/c1-2-25-16-11-17(23)22-10-6-5-9-15(22)18(16)19(24)21-12-13-7-3-4-8-14(13)20/h3-4,7-8,11H,2,5-6,9-10,12H2,1H3,(H,21,24). The number of carbonyl (C=O) groups excluding carboxylic acids is 1. The fourth-order valence-corrected chi connectivity index (χ4v) is 3.36. The van der Waals surface area contributed by atoms with E-state index < -0.39 is 0 Å². The van der Waals surface area contributed by atoms with Crippen LogP contribution in [0.5, 0.6) is 5.75 Å². The van der Waals surface area contributed by atoms with E-state index in [1.807, 2.05) is 25.1 Å². The lowest BCUT2D eigenvalue weighted by Crippen LogP contribution is -2.33. The number of hydrogen-bond acceptors (Lipinski definition) is 3. The summed E-state index contributed by atoms with van der Waals surface area (Å²) < 4.78 is 7.27. The van der Waals surface area contributed by atoms with Crippen molar-refractivity contribution in [2.24, 2.45) is 0 Å². The van der Waals surface area contributed by atoms with Crippen LogP contribution in [0.4, 0.5) is 0 Å². The third-order valence-corrected chi connectivity index (χ3v) is 4.72. The first kappa shape index (κ1) is 17.5. The lowest BCUT2D eigenvalue weighted by atomic mass is 10.0. The molecule has 1 N–H and O–H groups in total. The highest BCUT2D eigenvalue weighted by Gasteiger charge is 2.24. The van der Waals surface area contributed by atoms with Gasteiger partial charge in [-0.25, -0.2) is 0 Å². The van der Waals surface area contributed by atoms with Crippen molar-refractivity contribution in [1.29, 1.82) is 0 Å². The van der Waals surface area contributed by atoms with Crippen molar-refractivity contribution < 1.29 is 9.53 Å². The molecule has 0 spiro atoms. The fourth-order valence-electron chi connectivity index (χ4n) is 3.16. The van der Waals surface area contributed by atoms with Gasteiger partial charge >= 0.3 is 0 Å². The van der Waals surface area contributed by atoms with Gasteiger partial charge in [0.1, 0.15) is 11.3 Å². The molecule has 0 radical (unpaired) electrons. The van der Waals surface area contributed by atoms with Gasteiger partial charge in [0.25, 0.3) is 11.5 Å². The van der Waals surface area contributed by atoms with Crippen LogP contribution in [0.1, 0.15) is 41.4 Å². The maximum atomic E-state index is 12.9. The first-order valence-corrected chi connectivity index (χ1v) is 8.90. The summed E-state index contributed by atoms with van der Waals surface area (Å²) >= 11 is 6.15. The van der Waals surface area contributed by atoms with Crippen LogP contribution in [-0.4, -0.2) is 17.1 Å². The minimum Gasteiger partial charge on any atom is -0.493 e. The molecule has 0 saturated carbocycles. The second-order valence-electron chi connectivity index (χ2n) is 5.98. The number of fused-ring (bicyclic) bond motifs is 1. The predicted octanol–water partition coefficient (Wildman–Crippen LogP) is 3.17. The molecule has 2 aromatic rings. The van der Waals surface area contributed by atoms with E-state index in [0.29, 0.717) is 42.5 Å². The van der Waals surface area contributed by atoms with E-state index in [0.717, 1.165) is 24.1 Å². The highest BCUT2D eigenvalue weighted by atomic mass is 35.5. The Hall–Kier alpha value is -2.27. The number of aromatic nitrogens is 1. The number of nitrogens with zero attached hydrogens (tertiary/aromatic N) is 1. The zero-order valence-corrected chi connectivity index (χ0v) is 14.9. The summed E-state index contributed by atoms with van der Waals surface area (Å²) in [7, 11) is 0. The van der Waals surface area contributed by atoms with Crippen molar-refractivity contribution in [3.63, 3.8) is 0 Å². The van der Waals surface area contributed by atoms with Gasteiger partial charge in [-0.3, -0.25) is 9.59 Å². The van der Waals surface area contributed by atoms with E-state index in [1.54, 1.807) is 10.6 Å². The summed E-state index contributed by atoms with van der Waals surface area (Å²) in [6, 6.07) is 8.81. The molecule has 1 aromatic carbocycles. The summed E-state index contributed by atoms with van der Waals surface area (Å²) in [5, 5.41) is 3.52. The van der Waals surface area contributed by atoms with Gasteiger partial charge in [0.05, 0.1) is 6.61 Å². The molecule has 1 aliphatic rings. The average Bonchev–Trinajstić information content (AvgIpc) is 2.61. The Labute approximate surface area is 151 Å². The largest absolute Gasteiger partial charge is 0.493 e. The summed E-state index contributed by atoms with van der Waals surface area (Å²) in [6.45, 7) is 3.20. The minimum atomic E-state index is -0.242. The monoisotopic (exact) mass is 360 g/mol. The number of nitrogens with one attached hydrogen (secondary N) is 1. The van der Waals surface area contributed by atoms with Crippen molar-refractivity contribution >= 4 is 17.5 Å². The van der Waals surface area contributed by atoms with Crippen LogP contribution in [0.15, 0.2) is 35.1 Å². The van der Waals surface area contributed by atoms with Crippen LogP contribution in [0, 0.1) is 0 Å². The maximum absolute atomic E-state index is 12.9. The summed E-state index contributed by atoms with van der Waals surface area (Å²) in [4.78, 5) is 25.2. The highest BCUT2D eigenvalue weighted by molar-refractivity contribution is 6.31. The number of hydrogen-bond donors (Lipinski definition) is 1. The van der Waals surface area contributed by atoms with Crippen LogP contribution in [0.3, 0.4) is 0 Å². The van der Waals surface area contributed by atoms with Crippen molar-refractivity contribution in [1.82, 2.24) is 9.88 Å². The topological polar surface area (TPSA) is 60.3 Å². The van der Waals surface area contributed by atoms with Crippen LogP contribution < -0.4 is 15.6 Å². The highest BCUT2D eigenvalue weighted by Crippen LogP contribution is 2.25. The SMILES string of the molecule is CCOc1cc(=O)n2c(c1C(=O)NCc1ccccc1Cl)CCCC2. The number of halogens is 1. The number of amides is 1. The van der Waals surface area contributed by atoms with Crippen molar-refractivity contribution in [3.05, 3.63) is 62.5 Å². The predicted molar refractivity (Wildman–Crippen MR) is 97.4 cm³/mol. The molecule has 0 unspecified atom stereocenters. The van der Waals surface area contributed by atoms with Gasteiger partial charge in [0.15, 0.2) is 0 Å². The smallest absolute Gasteiger partial charge is 0.257 e. The summed E-state index contributed by atoms with van der Waals surface area (Å²) in [6.07, 6.45) is 2.60. The second kappa shape index (κ2) is 7.74. The molecule has 0 bridgehead atoms. The maximum Gasteiger partial charge on any atom is 0.257 e. The quantitative estimate of drug-likeness (QED) is 0.890. The van der Waals surface area contributed by atoms with Crippen molar-refractivity contribution in [2.75, 3.05) is 6.61 Å². The molecular weight excluding hydrogens is 340 g/mol. The van der Waals surface area contributed by atoms with E-state index in [2.05, 4.69) is 5.32 Å². The molecule has 0 aliphatic carbocycles. The molecule has 1 aliphatic heterocycles. The van der Waals surface area contributed by atoms with Crippen LogP contribution >= 0.6 is 11.6 Å². The molecule has 132 valence electrons. The molecule has 2 heterocycles. The molecule has 0 saturated heterocycles. The third-order valence-electron chi connectivity index (χ3n) is 4.35. The average molecular weight is 361 g/mol. The molecule has 5 nitrogen and oxygen atoms in total. The van der Waals surface area contributed by atoms with Crippen LogP contribution in [0.25, 0.3) is 0 Å². The number of carbonyl (C=O) groups is 1. The summed E-state index contributed by atoms with van der Waals surface area (Å²) in [5.74, 6) is 0.117. The van der Waals surface area contributed by atoms with E-state index >= 15 is 0 Å². The van der Waals surface area contributed by atoms with Gasteiger partial charge in [-0.2, -0.15) is 0 Å². The molecular formula is C19H21ClN2O3. The third kappa shape index (κ3) is 3.71. The van der Waals surface area contributed by atoms with Crippen LogP contribution in [0.2, 0.25) is 5.02 Å². The van der Waals surface area contributed by atoms with Gasteiger partial charge < -0.3 is 14.6 Å². The zero-order chi connectivity index (χ0) is 17.8. The molecule has 1 aromatic heterocycles. The van der Waals surface area contributed by atoms with Gasteiger partial charge in [0, 0.05) is 29.9 Å². The Morgan fingerprint density at radius 2 is 2.12 bits per heavy atom. The van der Waals surface area contributed by atoms with E-state index in [9.17, 15) is 9.59 Å². The molecule has 1 amide bonds. The van der Waals surface area contributed by atoms with Gasteiger partial charge in [0.2, 0.25) is 0 Å². The van der Waals surface area contributed by atoms with E-state index in [1.165, 1.54) is 6.07 Å². The Balaban J connectivity index is 1.93. The van der Waals surface area contributed by atoms with Gasteiger partial charge in [-0.05, 0) is 37.8 Å². The first-order valence-electron chi connectivity index (χ1n) is 8.53. The molecule has 0 atom stereocenters. The minimum absolute atomic E-state index is 0.110. The Morgan fingerprint density at radius 1 is 1.32 bits per heavy atom. The first-order chi connectivity index (χ1) is 12.1. The molecule has 3 rings (SSSR count). The molecule has 6 heteroatoms. The second-order valence-corrected chi connectivity index (χ2v) is 6.39. The lowest BCUT2D eigenvalue weighted by Gasteiger charge is -2.23. The van der Waals surface area contributed by atoms with E-state index in [-0.39, 0.29) is 11.5 Å². The summed E-state index contributed by atoms with van der Waals surface area (Å²) in [5.41, 5.74) is 1.96. The zero-order valence-electron chi connectivity index (χ0n) is 14.2. The number of rotatable bonds is 5. The van der Waals surface area contributed by atoms with E-state index in [4.69, 9.17) is 16.3 Å². The Morgan fingerprint density at radius 3 is 2.88 bits per heavy atom. The number of ether oxygens (including phenoxy) is 1. The molecule has 0 fully saturated rings. The van der Waals surface area contributed by atoms with Crippen LogP contribution in [-0.2, 0) is 19.5 Å².